The fourth-order valence-electron chi connectivity index (χ4n) is 1.80. The van der Waals surface area contributed by atoms with Crippen molar-refractivity contribution in [2.45, 2.75) is 18.7 Å². The molecule has 0 spiro atoms. The number of sulfonamides is 1. The fourth-order valence-corrected chi connectivity index (χ4v) is 3.24. The maximum atomic E-state index is 12.9. The molecule has 0 saturated heterocycles. The molecule has 0 aliphatic rings. The highest BCUT2D eigenvalue weighted by molar-refractivity contribution is 7.92. The lowest BCUT2D eigenvalue weighted by molar-refractivity contribution is 0.584. The van der Waals surface area contributed by atoms with Gasteiger partial charge in [-0.3, -0.25) is 9.40 Å². The van der Waals surface area contributed by atoms with Gasteiger partial charge in [0.1, 0.15) is 10.7 Å². The molecule has 0 aliphatic heterocycles. The molecule has 0 aliphatic carbocycles. The third-order valence-corrected chi connectivity index (χ3v) is 4.27. The van der Waals surface area contributed by atoms with Gasteiger partial charge < -0.3 is 0 Å². The van der Waals surface area contributed by atoms with E-state index in [1.165, 1.54) is 16.8 Å². The number of hydrogen-bond acceptors (Lipinski definition) is 4. The van der Waals surface area contributed by atoms with Crippen LogP contribution >= 0.6 is 0 Å². The maximum absolute atomic E-state index is 12.9. The number of hydrogen-bond donors (Lipinski definition) is 1. The van der Waals surface area contributed by atoms with Gasteiger partial charge in [-0.2, -0.15) is 9.49 Å². The fraction of sp³-hybridized carbons (Fsp3) is 0.273. The maximum Gasteiger partial charge on any atom is 0.266 e. The molecule has 0 fully saturated rings. The number of aryl methyl sites for hydroxylation is 2. The van der Waals surface area contributed by atoms with Crippen molar-refractivity contribution in [3.63, 3.8) is 0 Å². The van der Waals surface area contributed by atoms with Crippen LogP contribution in [0, 0.1) is 19.8 Å². The first-order valence-electron chi connectivity index (χ1n) is 5.47. The Kier molecular flexibility index (Phi) is 3.27. The highest BCUT2D eigenvalue weighted by Crippen LogP contribution is 2.21. The summed E-state index contributed by atoms with van der Waals surface area (Å²) in [6, 6.07) is 3.89. The van der Waals surface area contributed by atoms with Gasteiger partial charge >= 0.3 is 0 Å². The van der Waals surface area contributed by atoms with Gasteiger partial charge in [0.2, 0.25) is 5.95 Å². The number of nitrogens with zero attached hydrogens (tertiary/aromatic N) is 3. The van der Waals surface area contributed by atoms with Crippen molar-refractivity contribution in [3.05, 3.63) is 35.5 Å². The highest BCUT2D eigenvalue weighted by atomic mass is 32.2. The Morgan fingerprint density at radius 3 is 2.53 bits per heavy atom. The van der Waals surface area contributed by atoms with E-state index < -0.39 is 16.0 Å². The van der Waals surface area contributed by atoms with Crippen molar-refractivity contribution >= 4 is 15.8 Å². The number of nitrogens with one attached hydrogen (secondary N) is 1. The zero-order valence-electron chi connectivity index (χ0n) is 10.7. The van der Waals surface area contributed by atoms with Crippen LogP contribution in [0.4, 0.5) is 10.2 Å². The van der Waals surface area contributed by atoms with Gasteiger partial charge in [-0.15, -0.1) is 0 Å². The average Bonchev–Trinajstić information content (AvgIpc) is 2.52. The van der Waals surface area contributed by atoms with Gasteiger partial charge in [0.05, 0.1) is 11.4 Å². The number of rotatable bonds is 3. The predicted molar refractivity (Wildman–Crippen MR) is 67.7 cm³/mol. The van der Waals surface area contributed by atoms with Crippen LogP contribution in [0.25, 0.3) is 0 Å². The minimum Gasteiger partial charge on any atom is -0.271 e. The summed E-state index contributed by atoms with van der Waals surface area (Å²) in [6.45, 7) is 3.24. The molecule has 2 heterocycles. The standard InChI is InChI=1S/C11H13FN4O2S/c1-7-11(8(2)16(3)14-7)19(17,18)15-10-6-4-5-9(12)13-10/h4-6H,1-3H3,(H,13,15). The van der Waals surface area contributed by atoms with E-state index in [-0.39, 0.29) is 10.7 Å². The summed E-state index contributed by atoms with van der Waals surface area (Å²) in [5.41, 5.74) is 0.880. The smallest absolute Gasteiger partial charge is 0.266 e. The Balaban J connectivity index is 2.44. The summed E-state index contributed by atoms with van der Waals surface area (Å²) < 4.78 is 41.1. The minimum absolute atomic E-state index is 0.0670. The van der Waals surface area contributed by atoms with Crippen molar-refractivity contribution in [1.82, 2.24) is 14.8 Å². The monoisotopic (exact) mass is 284 g/mol. The highest BCUT2D eigenvalue weighted by Gasteiger charge is 2.24. The van der Waals surface area contributed by atoms with E-state index in [0.717, 1.165) is 6.07 Å². The molecule has 2 rings (SSSR count). The van der Waals surface area contributed by atoms with Crippen molar-refractivity contribution in [3.8, 4) is 0 Å². The van der Waals surface area contributed by atoms with E-state index >= 15 is 0 Å². The molecule has 2 aromatic heterocycles. The summed E-state index contributed by atoms with van der Waals surface area (Å²) >= 11 is 0. The summed E-state index contributed by atoms with van der Waals surface area (Å²) in [7, 11) is -2.18. The number of halogens is 1. The van der Waals surface area contributed by atoms with Crippen LogP contribution in [0.15, 0.2) is 23.1 Å². The van der Waals surface area contributed by atoms with E-state index in [4.69, 9.17) is 0 Å². The quantitative estimate of drug-likeness (QED) is 0.864. The molecule has 0 atom stereocenters. The summed E-state index contributed by atoms with van der Waals surface area (Å²) in [5.74, 6) is -0.817. The molecule has 102 valence electrons. The van der Waals surface area contributed by atoms with Crippen LogP contribution < -0.4 is 4.72 Å². The molecule has 0 amide bonds. The second-order valence-corrected chi connectivity index (χ2v) is 5.69. The second-order valence-electron chi connectivity index (χ2n) is 4.07. The van der Waals surface area contributed by atoms with Gasteiger partial charge in [0, 0.05) is 7.05 Å². The Morgan fingerprint density at radius 2 is 2.00 bits per heavy atom. The summed E-state index contributed by atoms with van der Waals surface area (Å²) in [4.78, 5) is 3.55. The molecule has 2 aromatic rings. The van der Waals surface area contributed by atoms with E-state index in [0.29, 0.717) is 11.4 Å². The van der Waals surface area contributed by atoms with E-state index in [9.17, 15) is 12.8 Å². The Labute approximate surface area is 110 Å². The third-order valence-electron chi connectivity index (χ3n) is 2.67. The molecule has 0 saturated carbocycles. The van der Waals surface area contributed by atoms with E-state index in [2.05, 4.69) is 14.8 Å². The predicted octanol–water partition coefficient (Wildman–Crippen LogP) is 1.37. The molecule has 1 N–H and O–H groups in total. The molecule has 0 radical (unpaired) electrons. The third kappa shape index (κ3) is 2.58. The Morgan fingerprint density at radius 1 is 1.32 bits per heavy atom. The molecule has 0 aromatic carbocycles. The molecule has 0 unspecified atom stereocenters. The van der Waals surface area contributed by atoms with Crippen LogP contribution in [0.1, 0.15) is 11.4 Å². The van der Waals surface area contributed by atoms with Crippen molar-refractivity contribution in [1.29, 1.82) is 0 Å². The topological polar surface area (TPSA) is 76.9 Å². The molecular weight excluding hydrogens is 271 g/mol. The van der Waals surface area contributed by atoms with Crippen molar-refractivity contribution in [2.75, 3.05) is 4.72 Å². The summed E-state index contributed by atoms with van der Waals surface area (Å²) in [6.07, 6.45) is 0. The van der Waals surface area contributed by atoms with Gasteiger partial charge in [-0.25, -0.2) is 13.4 Å². The normalized spacial score (nSPS) is 11.6. The largest absolute Gasteiger partial charge is 0.271 e. The lowest BCUT2D eigenvalue weighted by Crippen LogP contribution is -2.16. The number of pyridine rings is 1. The minimum atomic E-state index is -3.83. The van der Waals surface area contributed by atoms with Gasteiger partial charge in [-0.05, 0) is 26.0 Å². The first-order valence-corrected chi connectivity index (χ1v) is 6.95. The van der Waals surface area contributed by atoms with E-state index in [1.807, 2.05) is 0 Å². The SMILES string of the molecule is Cc1nn(C)c(C)c1S(=O)(=O)Nc1cccc(F)n1. The van der Waals surface area contributed by atoms with Crippen molar-refractivity contribution < 1.29 is 12.8 Å². The van der Waals surface area contributed by atoms with Crippen LogP contribution in [0.5, 0.6) is 0 Å². The second kappa shape index (κ2) is 4.61. The number of aromatic nitrogens is 3. The summed E-state index contributed by atoms with van der Waals surface area (Å²) in [5, 5.41) is 4.04. The van der Waals surface area contributed by atoms with Crippen LogP contribution in [0.2, 0.25) is 0 Å². The first-order chi connectivity index (χ1) is 8.81. The Bertz CT molecular complexity index is 724. The molecular formula is C11H13FN4O2S. The van der Waals surface area contributed by atoms with Gasteiger partial charge in [-0.1, -0.05) is 6.07 Å². The number of anilines is 1. The first kappa shape index (κ1) is 13.5. The lowest BCUT2D eigenvalue weighted by atomic mass is 10.4. The average molecular weight is 284 g/mol. The Hall–Kier alpha value is -1.96. The van der Waals surface area contributed by atoms with Gasteiger partial charge in [0.25, 0.3) is 10.0 Å². The zero-order valence-corrected chi connectivity index (χ0v) is 11.5. The lowest BCUT2D eigenvalue weighted by Gasteiger charge is -2.07. The van der Waals surface area contributed by atoms with Crippen LogP contribution in [0.3, 0.4) is 0 Å². The molecule has 0 bridgehead atoms. The zero-order chi connectivity index (χ0) is 14.2. The molecule has 8 heteroatoms. The van der Waals surface area contributed by atoms with E-state index in [1.54, 1.807) is 20.9 Å². The molecule has 19 heavy (non-hydrogen) atoms. The van der Waals surface area contributed by atoms with Gasteiger partial charge in [0.15, 0.2) is 0 Å². The molecule has 6 nitrogen and oxygen atoms in total. The van der Waals surface area contributed by atoms with Crippen LogP contribution in [-0.2, 0) is 17.1 Å². The van der Waals surface area contributed by atoms with Crippen molar-refractivity contribution in [2.24, 2.45) is 7.05 Å². The van der Waals surface area contributed by atoms with Crippen LogP contribution in [-0.4, -0.2) is 23.2 Å².